The van der Waals surface area contributed by atoms with E-state index in [1.54, 1.807) is 24.4 Å². The van der Waals surface area contributed by atoms with Gasteiger partial charge in [0.2, 0.25) is 0 Å². The summed E-state index contributed by atoms with van der Waals surface area (Å²) in [4.78, 5) is 8.96. The molecular weight excluding hydrogens is 396 g/mol. The van der Waals surface area contributed by atoms with E-state index in [-0.39, 0.29) is 16.5 Å². The van der Waals surface area contributed by atoms with Gasteiger partial charge in [-0.3, -0.25) is 4.98 Å². The first-order valence-electron chi connectivity index (χ1n) is 10.8. The standard InChI is InChI=1S/C23H30N4O2S/c1-18(26-23(2)14-9-4-3-5-10-15-23)22-25-20-13-16-24-17-21(20)30(28,29)27(22)19-11-7-6-8-12-19/h6-8,11-13,16-18,26H,3-5,9-10,14-15H2,1-2H3. The molecule has 1 unspecified atom stereocenters. The van der Waals surface area contributed by atoms with Crippen LogP contribution in [0.15, 0.2) is 58.7 Å². The Labute approximate surface area is 179 Å². The van der Waals surface area contributed by atoms with Crippen LogP contribution in [0.5, 0.6) is 0 Å². The number of aromatic nitrogens is 1. The van der Waals surface area contributed by atoms with E-state index < -0.39 is 10.0 Å². The van der Waals surface area contributed by atoms with Gasteiger partial charge in [-0.1, -0.05) is 50.3 Å². The molecule has 7 heteroatoms. The smallest absolute Gasteiger partial charge is 0.273 e. The van der Waals surface area contributed by atoms with Crippen molar-refractivity contribution < 1.29 is 8.42 Å². The van der Waals surface area contributed by atoms with Gasteiger partial charge in [-0.2, -0.15) is 0 Å². The lowest BCUT2D eigenvalue weighted by Crippen LogP contribution is -2.56. The zero-order chi connectivity index (χ0) is 21.2. The molecule has 1 atom stereocenters. The molecule has 0 amide bonds. The maximum atomic E-state index is 13.6. The number of anilines is 1. The van der Waals surface area contributed by atoms with E-state index in [1.807, 2.05) is 25.1 Å². The van der Waals surface area contributed by atoms with Crippen molar-refractivity contribution in [2.45, 2.75) is 75.3 Å². The fourth-order valence-corrected chi connectivity index (χ4v) is 6.19. The van der Waals surface area contributed by atoms with E-state index in [1.165, 1.54) is 42.6 Å². The minimum Gasteiger partial charge on any atom is -0.302 e. The van der Waals surface area contributed by atoms with Crippen LogP contribution in [0, 0.1) is 0 Å². The SMILES string of the molecule is CC(NC1(C)CCCCCCC1)C1=Nc2ccncc2S(=O)(=O)N1c1ccccc1. The van der Waals surface area contributed by atoms with Crippen molar-refractivity contribution in [1.82, 2.24) is 10.3 Å². The van der Waals surface area contributed by atoms with E-state index in [0.717, 1.165) is 12.8 Å². The van der Waals surface area contributed by atoms with Gasteiger partial charge in [0.25, 0.3) is 10.0 Å². The zero-order valence-electron chi connectivity index (χ0n) is 17.7. The first kappa shape index (κ1) is 21.0. The first-order valence-corrected chi connectivity index (χ1v) is 12.3. The largest absolute Gasteiger partial charge is 0.302 e. The van der Waals surface area contributed by atoms with Crippen LogP contribution in [-0.4, -0.2) is 30.8 Å². The van der Waals surface area contributed by atoms with Crippen LogP contribution in [0.25, 0.3) is 0 Å². The van der Waals surface area contributed by atoms with Crippen LogP contribution in [0.4, 0.5) is 11.4 Å². The van der Waals surface area contributed by atoms with E-state index >= 15 is 0 Å². The number of aliphatic imine (C=N–C) groups is 1. The second-order valence-electron chi connectivity index (χ2n) is 8.61. The lowest BCUT2D eigenvalue weighted by Gasteiger charge is -2.39. The summed E-state index contributed by atoms with van der Waals surface area (Å²) < 4.78 is 28.5. The van der Waals surface area contributed by atoms with Crippen LogP contribution in [0.1, 0.15) is 58.8 Å². The third-order valence-corrected chi connectivity index (χ3v) is 7.87. The van der Waals surface area contributed by atoms with E-state index in [2.05, 4.69) is 17.2 Å². The summed E-state index contributed by atoms with van der Waals surface area (Å²) in [5.74, 6) is 0.503. The van der Waals surface area contributed by atoms with Crippen molar-refractivity contribution in [2.24, 2.45) is 4.99 Å². The molecule has 4 rings (SSSR count). The molecule has 1 aromatic heterocycles. The summed E-state index contributed by atoms with van der Waals surface area (Å²) in [7, 11) is -3.80. The second-order valence-corrected chi connectivity index (χ2v) is 10.4. The van der Waals surface area contributed by atoms with Gasteiger partial charge in [0, 0.05) is 17.9 Å². The highest BCUT2D eigenvalue weighted by Gasteiger charge is 2.39. The molecule has 2 heterocycles. The summed E-state index contributed by atoms with van der Waals surface area (Å²) in [5.41, 5.74) is 0.998. The predicted molar refractivity (Wildman–Crippen MR) is 121 cm³/mol. The monoisotopic (exact) mass is 426 g/mol. The summed E-state index contributed by atoms with van der Waals surface area (Å²) >= 11 is 0. The van der Waals surface area contributed by atoms with Gasteiger partial charge in [-0.15, -0.1) is 0 Å². The first-order chi connectivity index (χ1) is 14.4. The fourth-order valence-electron chi connectivity index (χ4n) is 4.58. The minimum atomic E-state index is -3.80. The number of hydrogen-bond acceptors (Lipinski definition) is 5. The second kappa shape index (κ2) is 8.47. The Morgan fingerprint density at radius 2 is 1.70 bits per heavy atom. The Kier molecular flexibility index (Phi) is 5.93. The Morgan fingerprint density at radius 1 is 1.03 bits per heavy atom. The highest BCUT2D eigenvalue weighted by atomic mass is 32.2. The maximum absolute atomic E-state index is 13.6. The quantitative estimate of drug-likeness (QED) is 0.762. The molecule has 2 aliphatic rings. The van der Waals surface area contributed by atoms with E-state index in [4.69, 9.17) is 4.99 Å². The van der Waals surface area contributed by atoms with Gasteiger partial charge in [0.1, 0.15) is 10.7 Å². The zero-order valence-corrected chi connectivity index (χ0v) is 18.5. The summed E-state index contributed by atoms with van der Waals surface area (Å²) in [5, 5.41) is 3.75. The number of nitrogens with zero attached hydrogens (tertiary/aromatic N) is 3. The maximum Gasteiger partial charge on any atom is 0.273 e. The molecule has 0 bridgehead atoms. The Hall–Kier alpha value is -2.25. The molecular formula is C23H30N4O2S. The number of hydrogen-bond donors (Lipinski definition) is 1. The molecule has 1 saturated carbocycles. The van der Waals surface area contributed by atoms with Gasteiger partial charge >= 0.3 is 0 Å². The molecule has 1 fully saturated rings. The van der Waals surface area contributed by atoms with Gasteiger partial charge in [0.05, 0.1) is 17.4 Å². The van der Waals surface area contributed by atoms with Crippen molar-refractivity contribution >= 4 is 27.2 Å². The molecule has 160 valence electrons. The Morgan fingerprint density at radius 3 is 2.40 bits per heavy atom. The van der Waals surface area contributed by atoms with E-state index in [0.29, 0.717) is 17.2 Å². The molecule has 0 spiro atoms. The van der Waals surface area contributed by atoms with Crippen molar-refractivity contribution in [1.29, 1.82) is 0 Å². The molecule has 1 aliphatic heterocycles. The summed E-state index contributed by atoms with van der Waals surface area (Å²) in [6.07, 6.45) is 11.4. The molecule has 2 aromatic rings. The van der Waals surface area contributed by atoms with Gasteiger partial charge in [-0.25, -0.2) is 17.7 Å². The molecule has 0 radical (unpaired) electrons. The van der Waals surface area contributed by atoms with E-state index in [9.17, 15) is 8.42 Å². The van der Waals surface area contributed by atoms with Gasteiger partial charge in [-0.05, 0) is 44.9 Å². The molecule has 1 N–H and O–H groups in total. The van der Waals surface area contributed by atoms with Crippen LogP contribution in [0.3, 0.4) is 0 Å². The molecule has 30 heavy (non-hydrogen) atoms. The average Bonchev–Trinajstić information content (AvgIpc) is 2.71. The highest BCUT2D eigenvalue weighted by Crippen LogP contribution is 2.36. The third kappa shape index (κ3) is 4.14. The topological polar surface area (TPSA) is 74.7 Å². The van der Waals surface area contributed by atoms with Crippen LogP contribution in [0.2, 0.25) is 0 Å². The molecule has 1 aromatic carbocycles. The lowest BCUT2D eigenvalue weighted by molar-refractivity contribution is 0.266. The van der Waals surface area contributed by atoms with Crippen molar-refractivity contribution in [3.05, 3.63) is 48.8 Å². The normalized spacial score (nSPS) is 21.7. The fraction of sp³-hybridized carbons (Fsp3) is 0.478. The number of sulfonamides is 1. The molecule has 0 saturated heterocycles. The van der Waals surface area contributed by atoms with Gasteiger partial charge < -0.3 is 5.32 Å². The van der Waals surface area contributed by atoms with Crippen molar-refractivity contribution in [3.63, 3.8) is 0 Å². The lowest BCUT2D eigenvalue weighted by atomic mass is 9.85. The van der Waals surface area contributed by atoms with Crippen LogP contribution >= 0.6 is 0 Å². The summed E-state index contributed by atoms with van der Waals surface area (Å²) in [6.45, 7) is 4.28. The average molecular weight is 427 g/mol. The van der Waals surface area contributed by atoms with Gasteiger partial charge in [0.15, 0.2) is 0 Å². The van der Waals surface area contributed by atoms with Crippen molar-refractivity contribution in [2.75, 3.05) is 4.31 Å². The van der Waals surface area contributed by atoms with Crippen LogP contribution < -0.4 is 9.62 Å². The van der Waals surface area contributed by atoms with Crippen LogP contribution in [-0.2, 0) is 10.0 Å². The number of fused-ring (bicyclic) bond motifs is 1. The number of nitrogens with one attached hydrogen (secondary N) is 1. The Bertz CT molecular complexity index is 1010. The number of pyridine rings is 1. The Balaban J connectivity index is 1.74. The summed E-state index contributed by atoms with van der Waals surface area (Å²) in [6, 6.07) is 10.6. The number of amidine groups is 1. The number of benzene rings is 1. The number of para-hydroxylation sites is 1. The van der Waals surface area contributed by atoms with Crippen molar-refractivity contribution in [3.8, 4) is 0 Å². The minimum absolute atomic E-state index is 0.0347. The highest BCUT2D eigenvalue weighted by molar-refractivity contribution is 7.93. The number of rotatable bonds is 4. The molecule has 6 nitrogen and oxygen atoms in total. The predicted octanol–water partition coefficient (Wildman–Crippen LogP) is 4.80. The molecule has 1 aliphatic carbocycles. The third-order valence-electron chi connectivity index (χ3n) is 6.12.